The zero-order valence-corrected chi connectivity index (χ0v) is 11.7. The third-order valence-corrected chi connectivity index (χ3v) is 3.02. The molecule has 0 saturated heterocycles. The Morgan fingerprint density at radius 1 is 1.42 bits per heavy atom. The summed E-state index contributed by atoms with van der Waals surface area (Å²) in [7, 11) is -3.40. The van der Waals surface area contributed by atoms with Crippen molar-refractivity contribution in [2.24, 2.45) is 4.99 Å². The minimum absolute atomic E-state index is 0.506. The van der Waals surface area contributed by atoms with Crippen LogP contribution in [-0.2, 0) is 14.8 Å². The van der Waals surface area contributed by atoms with Crippen molar-refractivity contribution in [1.82, 2.24) is 4.83 Å². The van der Waals surface area contributed by atoms with Crippen LogP contribution in [0.4, 0.5) is 5.69 Å². The lowest BCUT2D eigenvalue weighted by Crippen LogP contribution is -2.50. The molecule has 104 valence electrons. The maximum absolute atomic E-state index is 11.5. The molecule has 0 aromatic heterocycles. The van der Waals surface area contributed by atoms with E-state index >= 15 is 0 Å². The molecule has 0 aliphatic carbocycles. The highest BCUT2D eigenvalue weighted by Crippen LogP contribution is 2.24. The second-order valence-corrected chi connectivity index (χ2v) is 5.99. The largest absolute Gasteiger partial charge is 0.338 e. The number of rotatable bonds is 5. The SMILES string of the molecule is CCCOC1N=Cc2ccccc2N1NS(C)(=O)=O. The van der Waals surface area contributed by atoms with E-state index < -0.39 is 16.4 Å². The number of nitrogens with zero attached hydrogens (tertiary/aromatic N) is 2. The van der Waals surface area contributed by atoms with Gasteiger partial charge in [0.05, 0.1) is 18.6 Å². The lowest BCUT2D eigenvalue weighted by molar-refractivity contribution is 0.0537. The maximum Gasteiger partial charge on any atom is 0.242 e. The van der Waals surface area contributed by atoms with Crippen LogP contribution in [-0.4, -0.2) is 33.8 Å². The van der Waals surface area contributed by atoms with E-state index in [2.05, 4.69) is 9.82 Å². The standard InChI is InChI=1S/C12H17N3O3S/c1-3-8-18-12-13-9-10-6-4-5-7-11(10)15(12)14-19(2,16)17/h4-7,9,12,14H,3,8H2,1-2H3. The summed E-state index contributed by atoms with van der Waals surface area (Å²) in [5, 5.41) is 1.43. The van der Waals surface area contributed by atoms with Gasteiger partial charge in [0, 0.05) is 11.8 Å². The fourth-order valence-electron chi connectivity index (χ4n) is 1.76. The molecule has 0 spiro atoms. The van der Waals surface area contributed by atoms with Gasteiger partial charge in [0.15, 0.2) is 0 Å². The van der Waals surface area contributed by atoms with Crippen molar-refractivity contribution in [2.75, 3.05) is 17.9 Å². The van der Waals surface area contributed by atoms with E-state index in [1.165, 1.54) is 5.01 Å². The molecule has 6 nitrogen and oxygen atoms in total. The average Bonchev–Trinajstić information content (AvgIpc) is 2.36. The summed E-state index contributed by atoms with van der Waals surface area (Å²) < 4.78 is 28.5. The molecule has 1 N–H and O–H groups in total. The second-order valence-electron chi connectivity index (χ2n) is 4.27. The van der Waals surface area contributed by atoms with E-state index in [-0.39, 0.29) is 0 Å². The van der Waals surface area contributed by atoms with E-state index in [4.69, 9.17) is 4.74 Å². The van der Waals surface area contributed by atoms with Crippen LogP contribution in [0.1, 0.15) is 18.9 Å². The number of benzene rings is 1. The van der Waals surface area contributed by atoms with E-state index in [9.17, 15) is 8.42 Å². The number of aliphatic imine (C=N–C) groups is 1. The molecule has 1 unspecified atom stereocenters. The van der Waals surface area contributed by atoms with Gasteiger partial charge in [-0.25, -0.2) is 18.4 Å². The van der Waals surface area contributed by atoms with Gasteiger partial charge < -0.3 is 4.74 Å². The van der Waals surface area contributed by atoms with Crippen molar-refractivity contribution >= 4 is 21.9 Å². The minimum Gasteiger partial charge on any atom is -0.338 e. The molecule has 0 radical (unpaired) electrons. The summed E-state index contributed by atoms with van der Waals surface area (Å²) in [5.41, 5.74) is 1.57. The van der Waals surface area contributed by atoms with Crippen LogP contribution in [0, 0.1) is 0 Å². The van der Waals surface area contributed by atoms with Gasteiger partial charge >= 0.3 is 0 Å². The lowest BCUT2D eigenvalue weighted by Gasteiger charge is -2.33. The fraction of sp³-hybridized carbons (Fsp3) is 0.417. The fourth-order valence-corrected chi connectivity index (χ4v) is 2.31. The zero-order chi connectivity index (χ0) is 13.9. The summed E-state index contributed by atoms with van der Waals surface area (Å²) in [4.78, 5) is 6.67. The minimum atomic E-state index is -3.40. The van der Waals surface area contributed by atoms with Crippen LogP contribution in [0.5, 0.6) is 0 Å². The Morgan fingerprint density at radius 3 is 2.84 bits per heavy atom. The Kier molecular flexibility index (Phi) is 4.18. The lowest BCUT2D eigenvalue weighted by atomic mass is 10.1. The maximum atomic E-state index is 11.5. The van der Waals surface area contributed by atoms with Crippen molar-refractivity contribution < 1.29 is 13.2 Å². The van der Waals surface area contributed by atoms with Crippen molar-refractivity contribution in [3.63, 3.8) is 0 Å². The number of sulfonamides is 1. The number of fused-ring (bicyclic) bond motifs is 1. The predicted molar refractivity (Wildman–Crippen MR) is 74.5 cm³/mol. The molecule has 7 heteroatoms. The first-order valence-electron chi connectivity index (χ1n) is 6.02. The summed E-state index contributed by atoms with van der Waals surface area (Å²) >= 11 is 0. The van der Waals surface area contributed by atoms with Crippen molar-refractivity contribution in [1.29, 1.82) is 0 Å². The van der Waals surface area contributed by atoms with Gasteiger partial charge in [-0.3, -0.25) is 0 Å². The van der Waals surface area contributed by atoms with Gasteiger partial charge in [-0.15, -0.1) is 4.83 Å². The van der Waals surface area contributed by atoms with Gasteiger partial charge in [0.2, 0.25) is 16.4 Å². The normalized spacial score (nSPS) is 18.4. The number of nitrogens with one attached hydrogen (secondary N) is 1. The monoisotopic (exact) mass is 283 g/mol. The highest BCUT2D eigenvalue weighted by atomic mass is 32.2. The molecule has 1 aromatic carbocycles. The number of anilines is 1. The number of hydrogen-bond donors (Lipinski definition) is 1. The van der Waals surface area contributed by atoms with E-state index in [1.54, 1.807) is 6.21 Å². The smallest absolute Gasteiger partial charge is 0.242 e. The molecular formula is C12H17N3O3S. The van der Waals surface area contributed by atoms with Crippen LogP contribution < -0.4 is 9.84 Å². The molecule has 19 heavy (non-hydrogen) atoms. The van der Waals surface area contributed by atoms with Gasteiger partial charge in [0.25, 0.3) is 0 Å². The molecule has 2 rings (SSSR count). The second kappa shape index (κ2) is 5.68. The third kappa shape index (κ3) is 3.52. The number of para-hydroxylation sites is 1. The van der Waals surface area contributed by atoms with E-state index in [1.807, 2.05) is 31.2 Å². The van der Waals surface area contributed by atoms with Gasteiger partial charge in [0.1, 0.15) is 0 Å². The molecule has 0 bridgehead atoms. The summed E-state index contributed by atoms with van der Waals surface area (Å²) in [6, 6.07) is 7.40. The van der Waals surface area contributed by atoms with Crippen molar-refractivity contribution in [3.8, 4) is 0 Å². The van der Waals surface area contributed by atoms with Crippen LogP contribution in [0.25, 0.3) is 0 Å². The number of hydrazine groups is 1. The first kappa shape index (κ1) is 14.0. The zero-order valence-electron chi connectivity index (χ0n) is 10.9. The van der Waals surface area contributed by atoms with Crippen molar-refractivity contribution in [2.45, 2.75) is 19.7 Å². The molecule has 1 atom stereocenters. The third-order valence-electron chi connectivity index (χ3n) is 2.49. The Bertz CT molecular complexity index is 571. The first-order valence-corrected chi connectivity index (χ1v) is 7.91. The Morgan fingerprint density at radius 2 is 2.16 bits per heavy atom. The molecule has 1 heterocycles. The Labute approximate surface area is 113 Å². The first-order chi connectivity index (χ1) is 9.01. The Hall–Kier alpha value is -1.44. The average molecular weight is 283 g/mol. The predicted octanol–water partition coefficient (Wildman–Crippen LogP) is 1.10. The molecule has 1 aliphatic heterocycles. The Balaban J connectivity index is 2.32. The van der Waals surface area contributed by atoms with Gasteiger partial charge in [-0.2, -0.15) is 0 Å². The van der Waals surface area contributed by atoms with Crippen LogP contribution in [0.3, 0.4) is 0 Å². The highest BCUT2D eigenvalue weighted by Gasteiger charge is 2.26. The highest BCUT2D eigenvalue weighted by molar-refractivity contribution is 7.88. The molecule has 0 fully saturated rings. The molecule has 1 aromatic rings. The van der Waals surface area contributed by atoms with Crippen LogP contribution >= 0.6 is 0 Å². The topological polar surface area (TPSA) is 71.0 Å². The van der Waals surface area contributed by atoms with Crippen molar-refractivity contribution in [3.05, 3.63) is 29.8 Å². The molecule has 1 aliphatic rings. The van der Waals surface area contributed by atoms with Gasteiger partial charge in [-0.1, -0.05) is 25.1 Å². The number of hydrogen-bond acceptors (Lipinski definition) is 5. The molecule has 0 saturated carbocycles. The van der Waals surface area contributed by atoms with E-state index in [0.717, 1.165) is 23.9 Å². The summed E-state index contributed by atoms with van der Waals surface area (Å²) in [6.07, 6.45) is 2.95. The molecular weight excluding hydrogens is 266 g/mol. The summed E-state index contributed by atoms with van der Waals surface area (Å²) in [6.45, 7) is 2.49. The summed E-state index contributed by atoms with van der Waals surface area (Å²) in [5.74, 6) is 0. The van der Waals surface area contributed by atoms with Gasteiger partial charge in [-0.05, 0) is 12.5 Å². The quantitative estimate of drug-likeness (QED) is 0.878. The van der Waals surface area contributed by atoms with E-state index in [0.29, 0.717) is 6.61 Å². The molecule has 0 amide bonds. The van der Waals surface area contributed by atoms with Crippen LogP contribution in [0.15, 0.2) is 29.3 Å². The number of ether oxygens (including phenoxy) is 1. The van der Waals surface area contributed by atoms with Crippen LogP contribution in [0.2, 0.25) is 0 Å².